The summed E-state index contributed by atoms with van der Waals surface area (Å²) >= 11 is 3.28. The Balaban J connectivity index is 2.22. The van der Waals surface area contributed by atoms with E-state index in [-0.39, 0.29) is 19.0 Å². The first-order chi connectivity index (χ1) is 7.69. The van der Waals surface area contributed by atoms with Crippen LogP contribution in [-0.4, -0.2) is 20.1 Å². The van der Waals surface area contributed by atoms with Crippen LogP contribution in [-0.2, 0) is 13.2 Å². The van der Waals surface area contributed by atoms with E-state index in [1.165, 1.54) is 10.7 Å². The molecule has 1 aromatic heterocycles. The van der Waals surface area contributed by atoms with Crippen molar-refractivity contribution >= 4 is 15.9 Å². The van der Waals surface area contributed by atoms with Crippen LogP contribution < -0.4 is 0 Å². The number of rotatable bonds is 3. The first-order valence-corrected chi connectivity index (χ1v) is 5.42. The number of aromatic nitrogens is 3. The molecule has 0 spiro atoms. The van der Waals surface area contributed by atoms with Crippen molar-refractivity contribution in [1.82, 2.24) is 15.0 Å². The molecule has 0 amide bonds. The predicted molar refractivity (Wildman–Crippen MR) is 59.1 cm³/mol. The van der Waals surface area contributed by atoms with E-state index in [2.05, 4.69) is 26.2 Å². The molecule has 2 aromatic rings. The molecule has 0 saturated heterocycles. The molecule has 0 aliphatic heterocycles. The Labute approximate surface area is 99.8 Å². The molecule has 0 radical (unpaired) electrons. The van der Waals surface area contributed by atoms with Gasteiger partial charge in [0.2, 0.25) is 0 Å². The van der Waals surface area contributed by atoms with Crippen LogP contribution in [0.2, 0.25) is 0 Å². The molecular formula is C10H9BrFN3O. The number of hydrogen-bond donors (Lipinski definition) is 1. The minimum atomic E-state index is -0.288. The molecule has 1 N–H and O–H groups in total. The number of hydrogen-bond acceptors (Lipinski definition) is 3. The van der Waals surface area contributed by atoms with E-state index >= 15 is 0 Å². The molecule has 0 atom stereocenters. The third kappa shape index (κ3) is 2.45. The van der Waals surface area contributed by atoms with E-state index in [0.29, 0.717) is 11.3 Å². The average Bonchev–Trinajstić information content (AvgIpc) is 2.71. The van der Waals surface area contributed by atoms with Gasteiger partial charge in [0.25, 0.3) is 0 Å². The summed E-state index contributed by atoms with van der Waals surface area (Å²) in [4.78, 5) is 0. The fourth-order valence-electron chi connectivity index (χ4n) is 1.33. The monoisotopic (exact) mass is 285 g/mol. The molecule has 0 saturated carbocycles. The van der Waals surface area contributed by atoms with Crippen molar-refractivity contribution in [2.24, 2.45) is 0 Å². The lowest BCUT2D eigenvalue weighted by atomic mass is 10.2. The minimum Gasteiger partial charge on any atom is -0.390 e. The summed E-state index contributed by atoms with van der Waals surface area (Å²) in [7, 11) is 0. The van der Waals surface area contributed by atoms with Crippen LogP contribution in [0.4, 0.5) is 4.39 Å². The lowest BCUT2D eigenvalue weighted by Crippen LogP contribution is -2.02. The molecule has 84 valence electrons. The van der Waals surface area contributed by atoms with Crippen LogP contribution in [0.15, 0.2) is 28.9 Å². The highest BCUT2D eigenvalue weighted by atomic mass is 79.9. The first-order valence-electron chi connectivity index (χ1n) is 4.63. The zero-order valence-electron chi connectivity index (χ0n) is 8.27. The fraction of sp³-hybridized carbons (Fsp3) is 0.200. The maximum atomic E-state index is 13.4. The molecular weight excluding hydrogens is 277 g/mol. The van der Waals surface area contributed by atoms with Crippen molar-refractivity contribution in [1.29, 1.82) is 0 Å². The highest BCUT2D eigenvalue weighted by molar-refractivity contribution is 9.10. The van der Waals surface area contributed by atoms with Crippen LogP contribution in [0.1, 0.15) is 11.3 Å². The summed E-state index contributed by atoms with van der Waals surface area (Å²) < 4.78 is 15.7. The van der Waals surface area contributed by atoms with E-state index in [1.54, 1.807) is 18.3 Å². The third-order valence-electron chi connectivity index (χ3n) is 2.09. The predicted octanol–water partition coefficient (Wildman–Crippen LogP) is 1.72. The summed E-state index contributed by atoms with van der Waals surface area (Å²) in [5.41, 5.74) is 0.985. The van der Waals surface area contributed by atoms with E-state index < -0.39 is 0 Å². The van der Waals surface area contributed by atoms with Crippen molar-refractivity contribution in [3.8, 4) is 0 Å². The number of aliphatic hydroxyl groups is 1. The summed E-state index contributed by atoms with van der Waals surface area (Å²) in [6.45, 7) is 0.124. The Morgan fingerprint density at radius 3 is 2.94 bits per heavy atom. The Bertz CT molecular complexity index is 501. The van der Waals surface area contributed by atoms with Gasteiger partial charge in [-0.1, -0.05) is 21.1 Å². The SMILES string of the molecule is OCc1cn(Cc2cc(Br)ccc2F)nn1. The van der Waals surface area contributed by atoms with Gasteiger partial charge in [-0.25, -0.2) is 9.07 Å². The standard InChI is InChI=1S/C10H9BrFN3O/c11-8-1-2-10(12)7(3-8)4-15-5-9(6-16)13-14-15/h1-3,5,16H,4,6H2. The smallest absolute Gasteiger partial charge is 0.128 e. The second-order valence-corrected chi connectivity index (χ2v) is 4.22. The van der Waals surface area contributed by atoms with Crippen LogP contribution in [0.5, 0.6) is 0 Å². The van der Waals surface area contributed by atoms with Crippen LogP contribution in [0.25, 0.3) is 0 Å². The van der Waals surface area contributed by atoms with Crippen molar-refractivity contribution in [3.63, 3.8) is 0 Å². The van der Waals surface area contributed by atoms with E-state index in [1.807, 2.05) is 0 Å². The minimum absolute atomic E-state index is 0.166. The van der Waals surface area contributed by atoms with Crippen LogP contribution in [0.3, 0.4) is 0 Å². The van der Waals surface area contributed by atoms with Gasteiger partial charge in [-0.3, -0.25) is 0 Å². The van der Waals surface area contributed by atoms with Crippen molar-refractivity contribution in [2.45, 2.75) is 13.2 Å². The average molecular weight is 286 g/mol. The second kappa shape index (κ2) is 4.71. The summed E-state index contributed by atoms with van der Waals surface area (Å²) in [6.07, 6.45) is 1.58. The molecule has 0 unspecified atom stereocenters. The topological polar surface area (TPSA) is 50.9 Å². The molecule has 16 heavy (non-hydrogen) atoms. The van der Waals surface area contributed by atoms with E-state index in [0.717, 1.165) is 4.47 Å². The molecule has 6 heteroatoms. The molecule has 0 aliphatic carbocycles. The zero-order chi connectivity index (χ0) is 11.5. The maximum Gasteiger partial charge on any atom is 0.128 e. The Hall–Kier alpha value is -1.27. The van der Waals surface area contributed by atoms with Crippen molar-refractivity contribution in [3.05, 3.63) is 45.9 Å². The highest BCUT2D eigenvalue weighted by Gasteiger charge is 2.05. The summed E-state index contributed by atoms with van der Waals surface area (Å²) in [5, 5.41) is 16.3. The van der Waals surface area contributed by atoms with E-state index in [9.17, 15) is 4.39 Å². The molecule has 0 fully saturated rings. The second-order valence-electron chi connectivity index (χ2n) is 3.30. The Morgan fingerprint density at radius 2 is 2.25 bits per heavy atom. The molecule has 1 heterocycles. The molecule has 2 rings (SSSR count). The number of aliphatic hydroxyl groups excluding tert-OH is 1. The van der Waals surface area contributed by atoms with Gasteiger partial charge in [0.05, 0.1) is 19.3 Å². The molecule has 0 bridgehead atoms. The molecule has 4 nitrogen and oxygen atoms in total. The van der Waals surface area contributed by atoms with Gasteiger partial charge in [-0.15, -0.1) is 5.10 Å². The van der Waals surface area contributed by atoms with Gasteiger partial charge in [0.15, 0.2) is 0 Å². The van der Waals surface area contributed by atoms with Gasteiger partial charge in [0.1, 0.15) is 11.5 Å². The molecule has 1 aromatic carbocycles. The van der Waals surface area contributed by atoms with Crippen molar-refractivity contribution < 1.29 is 9.50 Å². The van der Waals surface area contributed by atoms with Gasteiger partial charge in [-0.2, -0.15) is 0 Å². The van der Waals surface area contributed by atoms with Crippen molar-refractivity contribution in [2.75, 3.05) is 0 Å². The highest BCUT2D eigenvalue weighted by Crippen LogP contribution is 2.16. The van der Waals surface area contributed by atoms with Gasteiger partial charge in [0, 0.05) is 10.0 Å². The Morgan fingerprint density at radius 1 is 1.44 bits per heavy atom. The first kappa shape index (κ1) is 11.2. The lowest BCUT2D eigenvalue weighted by molar-refractivity contribution is 0.276. The summed E-state index contributed by atoms with van der Waals surface area (Å²) in [5.74, 6) is -0.288. The maximum absolute atomic E-state index is 13.4. The van der Waals surface area contributed by atoms with Gasteiger partial charge >= 0.3 is 0 Å². The molecule has 0 aliphatic rings. The Kier molecular flexibility index (Phi) is 3.31. The third-order valence-corrected chi connectivity index (χ3v) is 2.58. The fourth-order valence-corrected chi connectivity index (χ4v) is 1.74. The van der Waals surface area contributed by atoms with Gasteiger partial charge < -0.3 is 5.11 Å². The lowest BCUT2D eigenvalue weighted by Gasteiger charge is -2.03. The van der Waals surface area contributed by atoms with Crippen LogP contribution >= 0.6 is 15.9 Å². The quantitative estimate of drug-likeness (QED) is 0.934. The number of benzene rings is 1. The van der Waals surface area contributed by atoms with Crippen LogP contribution in [0, 0.1) is 5.82 Å². The number of halogens is 2. The van der Waals surface area contributed by atoms with Gasteiger partial charge in [-0.05, 0) is 18.2 Å². The largest absolute Gasteiger partial charge is 0.390 e. The van der Waals surface area contributed by atoms with E-state index in [4.69, 9.17) is 5.11 Å². The zero-order valence-corrected chi connectivity index (χ0v) is 9.85. The number of nitrogens with zero attached hydrogens (tertiary/aromatic N) is 3. The normalized spacial score (nSPS) is 10.7. The summed E-state index contributed by atoms with van der Waals surface area (Å²) in [6, 6.07) is 4.72.